The lowest BCUT2D eigenvalue weighted by molar-refractivity contribution is -0.140. The van der Waals surface area contributed by atoms with Gasteiger partial charge in [-0.25, -0.2) is 0 Å². The summed E-state index contributed by atoms with van der Waals surface area (Å²) in [5.41, 5.74) is 1.93. The molecule has 2 aliphatic heterocycles. The smallest absolute Gasteiger partial charge is 0.295 e. The number of aryl methyl sites for hydroxylation is 1. The zero-order valence-electron chi connectivity index (χ0n) is 20.4. The Labute approximate surface area is 205 Å². The number of ketones is 1. The number of benzene rings is 2. The number of nitrogens with zero attached hydrogens (tertiary/aromatic N) is 2. The maximum absolute atomic E-state index is 13.2. The summed E-state index contributed by atoms with van der Waals surface area (Å²) in [6.45, 7) is 9.44. The van der Waals surface area contributed by atoms with Crippen LogP contribution in [0, 0.1) is 6.92 Å². The number of rotatable bonds is 7. The van der Waals surface area contributed by atoms with Crippen molar-refractivity contribution < 1.29 is 29.3 Å². The van der Waals surface area contributed by atoms with Crippen molar-refractivity contribution in [3.05, 3.63) is 64.7 Å². The van der Waals surface area contributed by atoms with Crippen LogP contribution in [-0.4, -0.2) is 77.2 Å². The van der Waals surface area contributed by atoms with Gasteiger partial charge in [0.2, 0.25) is 0 Å². The van der Waals surface area contributed by atoms with Gasteiger partial charge in [0.15, 0.2) is 0 Å². The van der Waals surface area contributed by atoms with E-state index in [4.69, 9.17) is 9.47 Å². The standard InChI is InChI=1S/C27H32N2O6/c1-17(2)35-22-9-6-20(16-18(22)3)25(31)23-24(19-4-7-21(30)8-5-19)29(27(33)26(23)32)11-10-28-12-14-34-15-13-28/h4-9,16-17,24,30-31H,10-15H2,1-3H3. The van der Waals surface area contributed by atoms with Crippen LogP contribution < -0.4 is 4.74 Å². The molecule has 2 fully saturated rings. The predicted octanol–water partition coefficient (Wildman–Crippen LogP) is 3.24. The highest BCUT2D eigenvalue weighted by molar-refractivity contribution is 6.46. The van der Waals surface area contributed by atoms with Crippen LogP contribution in [0.15, 0.2) is 48.0 Å². The van der Waals surface area contributed by atoms with Gasteiger partial charge in [0.05, 0.1) is 30.9 Å². The van der Waals surface area contributed by atoms with E-state index in [9.17, 15) is 19.8 Å². The first-order valence-corrected chi connectivity index (χ1v) is 11.9. The number of ether oxygens (including phenoxy) is 2. The predicted molar refractivity (Wildman–Crippen MR) is 131 cm³/mol. The van der Waals surface area contributed by atoms with Gasteiger partial charge in [-0.3, -0.25) is 14.5 Å². The average Bonchev–Trinajstić information content (AvgIpc) is 3.09. The Morgan fingerprint density at radius 1 is 1.09 bits per heavy atom. The SMILES string of the molecule is Cc1cc(C(O)=C2C(=O)C(=O)N(CCN3CCOCC3)C2c2ccc(O)cc2)ccc1OC(C)C. The number of phenols is 1. The largest absolute Gasteiger partial charge is 0.508 e. The molecule has 2 N–H and O–H groups in total. The molecule has 2 aliphatic rings. The Balaban J connectivity index is 1.72. The topological polar surface area (TPSA) is 99.5 Å². The van der Waals surface area contributed by atoms with Crippen molar-refractivity contribution >= 4 is 17.4 Å². The van der Waals surface area contributed by atoms with Crippen LogP contribution in [0.1, 0.15) is 36.6 Å². The number of likely N-dealkylation sites (tertiary alicyclic amines) is 1. The molecule has 1 atom stereocenters. The number of phenolic OH excluding ortho intramolecular Hbond substituents is 1. The zero-order chi connectivity index (χ0) is 25.1. The Bertz CT molecular complexity index is 1120. The highest BCUT2D eigenvalue weighted by Gasteiger charge is 2.46. The molecular weight excluding hydrogens is 448 g/mol. The molecule has 8 nitrogen and oxygen atoms in total. The quantitative estimate of drug-likeness (QED) is 0.357. The zero-order valence-corrected chi connectivity index (χ0v) is 20.4. The molecule has 0 aromatic heterocycles. The summed E-state index contributed by atoms with van der Waals surface area (Å²) < 4.78 is 11.2. The van der Waals surface area contributed by atoms with E-state index < -0.39 is 17.7 Å². The Kier molecular flexibility index (Phi) is 7.42. The van der Waals surface area contributed by atoms with E-state index >= 15 is 0 Å². The molecule has 0 radical (unpaired) electrons. The van der Waals surface area contributed by atoms with E-state index in [1.165, 1.54) is 17.0 Å². The number of Topliss-reactive ketones (excluding diaryl/α,β-unsaturated/α-hetero) is 1. The molecule has 4 rings (SSSR count). The van der Waals surface area contributed by atoms with Gasteiger partial charge < -0.3 is 24.6 Å². The molecule has 8 heteroatoms. The molecule has 2 heterocycles. The van der Waals surface area contributed by atoms with Crippen LogP contribution in [0.4, 0.5) is 0 Å². The molecule has 1 amide bonds. The molecule has 2 aromatic carbocycles. The summed E-state index contributed by atoms with van der Waals surface area (Å²) >= 11 is 0. The van der Waals surface area contributed by atoms with Crippen molar-refractivity contribution in [1.29, 1.82) is 0 Å². The summed E-state index contributed by atoms with van der Waals surface area (Å²) in [5, 5.41) is 21.1. The molecule has 2 saturated heterocycles. The van der Waals surface area contributed by atoms with Crippen LogP contribution in [0.3, 0.4) is 0 Å². The van der Waals surface area contributed by atoms with Crippen molar-refractivity contribution in [2.45, 2.75) is 32.9 Å². The number of amides is 1. The van der Waals surface area contributed by atoms with E-state index in [0.717, 1.165) is 18.7 Å². The third-order valence-electron chi connectivity index (χ3n) is 6.32. The van der Waals surface area contributed by atoms with E-state index in [0.29, 0.717) is 43.2 Å². The van der Waals surface area contributed by atoms with E-state index in [1.807, 2.05) is 20.8 Å². The first-order chi connectivity index (χ1) is 16.8. The van der Waals surface area contributed by atoms with Crippen LogP contribution >= 0.6 is 0 Å². The lowest BCUT2D eigenvalue weighted by Crippen LogP contribution is -2.42. The third kappa shape index (κ3) is 5.33. The van der Waals surface area contributed by atoms with Crippen molar-refractivity contribution in [2.75, 3.05) is 39.4 Å². The summed E-state index contributed by atoms with van der Waals surface area (Å²) in [6.07, 6.45) is -0.000524. The Morgan fingerprint density at radius 2 is 1.77 bits per heavy atom. The van der Waals surface area contributed by atoms with Crippen molar-refractivity contribution in [3.8, 4) is 11.5 Å². The van der Waals surface area contributed by atoms with Crippen LogP contribution in [0.5, 0.6) is 11.5 Å². The summed E-state index contributed by atoms with van der Waals surface area (Å²) in [6, 6.07) is 10.8. The molecular formula is C27H32N2O6. The minimum atomic E-state index is -0.761. The maximum atomic E-state index is 13.2. The molecule has 35 heavy (non-hydrogen) atoms. The van der Waals surface area contributed by atoms with Crippen molar-refractivity contribution in [3.63, 3.8) is 0 Å². The van der Waals surface area contributed by atoms with Gasteiger partial charge in [-0.05, 0) is 62.2 Å². The number of aliphatic hydroxyl groups excluding tert-OH is 1. The average molecular weight is 481 g/mol. The number of hydrogen-bond donors (Lipinski definition) is 2. The molecule has 0 bridgehead atoms. The lowest BCUT2D eigenvalue weighted by Gasteiger charge is -2.31. The highest BCUT2D eigenvalue weighted by atomic mass is 16.5. The van der Waals surface area contributed by atoms with Gasteiger partial charge in [0, 0.05) is 31.7 Å². The van der Waals surface area contributed by atoms with Crippen LogP contribution in [0.25, 0.3) is 5.76 Å². The van der Waals surface area contributed by atoms with Gasteiger partial charge in [0.1, 0.15) is 17.3 Å². The normalized spacial score (nSPS) is 20.6. The summed E-state index contributed by atoms with van der Waals surface area (Å²) in [5.74, 6) is -0.820. The van der Waals surface area contributed by atoms with Gasteiger partial charge in [0.25, 0.3) is 11.7 Å². The molecule has 0 spiro atoms. The number of hydrogen-bond acceptors (Lipinski definition) is 7. The summed E-state index contributed by atoms with van der Waals surface area (Å²) in [7, 11) is 0. The molecule has 2 aromatic rings. The lowest BCUT2D eigenvalue weighted by atomic mass is 9.94. The molecule has 0 aliphatic carbocycles. The number of morpholine rings is 1. The van der Waals surface area contributed by atoms with Gasteiger partial charge in [-0.15, -0.1) is 0 Å². The summed E-state index contributed by atoms with van der Waals surface area (Å²) in [4.78, 5) is 30.0. The van der Waals surface area contributed by atoms with Crippen LogP contribution in [-0.2, 0) is 14.3 Å². The monoisotopic (exact) mass is 480 g/mol. The fourth-order valence-electron chi connectivity index (χ4n) is 4.53. The minimum absolute atomic E-state index is 0.000524. The molecule has 0 saturated carbocycles. The Hall–Kier alpha value is -3.36. The molecule has 186 valence electrons. The fourth-order valence-corrected chi connectivity index (χ4v) is 4.53. The molecule has 1 unspecified atom stereocenters. The van der Waals surface area contributed by atoms with E-state index in [2.05, 4.69) is 4.90 Å². The number of carbonyl (C=O) groups is 2. The minimum Gasteiger partial charge on any atom is -0.508 e. The van der Waals surface area contributed by atoms with Gasteiger partial charge >= 0.3 is 0 Å². The van der Waals surface area contributed by atoms with E-state index in [1.54, 1.807) is 30.3 Å². The second kappa shape index (κ2) is 10.5. The second-order valence-electron chi connectivity index (χ2n) is 9.18. The van der Waals surface area contributed by atoms with Gasteiger partial charge in [-0.2, -0.15) is 0 Å². The number of carbonyl (C=O) groups excluding carboxylic acids is 2. The van der Waals surface area contributed by atoms with Crippen LogP contribution in [0.2, 0.25) is 0 Å². The maximum Gasteiger partial charge on any atom is 0.295 e. The second-order valence-corrected chi connectivity index (χ2v) is 9.18. The number of aliphatic hydroxyl groups is 1. The highest BCUT2D eigenvalue weighted by Crippen LogP contribution is 2.40. The Morgan fingerprint density at radius 3 is 2.40 bits per heavy atom. The van der Waals surface area contributed by atoms with Gasteiger partial charge in [-0.1, -0.05) is 12.1 Å². The van der Waals surface area contributed by atoms with Crippen molar-refractivity contribution in [1.82, 2.24) is 9.80 Å². The first-order valence-electron chi connectivity index (χ1n) is 11.9. The van der Waals surface area contributed by atoms with E-state index in [-0.39, 0.29) is 23.2 Å². The fraction of sp³-hybridized carbons (Fsp3) is 0.407. The third-order valence-corrected chi connectivity index (χ3v) is 6.32. The first kappa shape index (κ1) is 24.8. The number of aromatic hydroxyl groups is 1. The van der Waals surface area contributed by atoms with Crippen molar-refractivity contribution in [2.24, 2.45) is 0 Å².